The third-order valence-corrected chi connectivity index (χ3v) is 7.38. The zero-order valence-electron chi connectivity index (χ0n) is 18.5. The quantitative estimate of drug-likeness (QED) is 0.440. The van der Waals surface area contributed by atoms with Crippen LogP contribution in [0.1, 0.15) is 29.6 Å². The van der Waals surface area contributed by atoms with Crippen LogP contribution in [0.5, 0.6) is 0 Å². The van der Waals surface area contributed by atoms with Crippen LogP contribution < -0.4 is 10.2 Å². The van der Waals surface area contributed by atoms with E-state index in [1.807, 2.05) is 4.90 Å². The number of carbonyl (C=O) groups is 2. The molecule has 0 aromatic heterocycles. The lowest BCUT2D eigenvalue weighted by Gasteiger charge is -2.35. The van der Waals surface area contributed by atoms with Crippen molar-refractivity contribution < 1.29 is 27.1 Å². The molecule has 0 spiro atoms. The molecule has 3 rings (SSSR count). The summed E-state index contributed by atoms with van der Waals surface area (Å²) < 4.78 is 45.4. The molecule has 10 heteroatoms. The molecule has 1 aliphatic heterocycles. The molecule has 0 atom stereocenters. The summed E-state index contributed by atoms with van der Waals surface area (Å²) in [5.41, 5.74) is 1.10. The molecule has 8 nitrogen and oxygen atoms in total. The van der Waals surface area contributed by atoms with Crippen molar-refractivity contribution in [1.82, 2.24) is 9.62 Å². The van der Waals surface area contributed by atoms with Crippen LogP contribution in [0.4, 0.5) is 10.1 Å². The summed E-state index contributed by atoms with van der Waals surface area (Å²) in [7, 11) is -2.43. The summed E-state index contributed by atoms with van der Waals surface area (Å²) in [6, 6.07) is 12.1. The number of unbranched alkanes of at least 4 members (excludes halogenated alkanes) is 1. The molecule has 1 saturated heterocycles. The third kappa shape index (κ3) is 6.52. The zero-order chi connectivity index (χ0) is 23.8. The van der Waals surface area contributed by atoms with Crippen molar-refractivity contribution in [3.8, 4) is 0 Å². The molecular weight excluding hydrogens is 449 g/mol. The standard InChI is InChI=1S/C23H28FN3O5S/c1-32-22(28)7-2-3-12-25-23(29)18-5-4-6-21(17-18)33(30,31)27-15-13-26(14-16-27)20-10-8-19(24)9-11-20/h4-6,8-11,17H,2-3,7,12-16H2,1H3,(H,25,29). The Balaban J connectivity index is 1.56. The first-order valence-corrected chi connectivity index (χ1v) is 12.2. The van der Waals surface area contributed by atoms with E-state index in [0.29, 0.717) is 32.5 Å². The first-order valence-electron chi connectivity index (χ1n) is 10.8. The molecule has 2 aromatic rings. The molecule has 33 heavy (non-hydrogen) atoms. The average molecular weight is 478 g/mol. The van der Waals surface area contributed by atoms with E-state index in [9.17, 15) is 22.4 Å². The SMILES string of the molecule is COC(=O)CCCCNC(=O)c1cccc(S(=O)(=O)N2CCN(c3ccc(F)cc3)CC2)c1. The summed E-state index contributed by atoms with van der Waals surface area (Å²) in [6.07, 6.45) is 1.48. The Kier molecular flexibility index (Phi) is 8.40. The molecule has 0 bridgehead atoms. The summed E-state index contributed by atoms with van der Waals surface area (Å²) in [5, 5.41) is 2.74. The molecule has 2 aromatic carbocycles. The average Bonchev–Trinajstić information content (AvgIpc) is 2.84. The normalized spacial score (nSPS) is 14.7. The Morgan fingerprint density at radius 3 is 2.39 bits per heavy atom. The Labute approximate surface area is 193 Å². The molecule has 0 aliphatic carbocycles. The van der Waals surface area contributed by atoms with Crippen molar-refractivity contribution >= 4 is 27.6 Å². The fourth-order valence-electron chi connectivity index (χ4n) is 3.59. The Hall–Kier alpha value is -2.98. The maximum Gasteiger partial charge on any atom is 0.305 e. The summed E-state index contributed by atoms with van der Waals surface area (Å²) in [4.78, 5) is 25.6. The number of hydrogen-bond acceptors (Lipinski definition) is 6. The molecule has 0 saturated carbocycles. The lowest BCUT2D eigenvalue weighted by atomic mass is 10.2. The van der Waals surface area contributed by atoms with Crippen LogP contribution >= 0.6 is 0 Å². The number of ether oxygens (including phenoxy) is 1. The minimum absolute atomic E-state index is 0.0658. The van der Waals surface area contributed by atoms with Gasteiger partial charge in [-0.3, -0.25) is 9.59 Å². The minimum atomic E-state index is -3.76. The first-order chi connectivity index (χ1) is 15.8. The van der Waals surface area contributed by atoms with Crippen LogP contribution in [0.25, 0.3) is 0 Å². The Morgan fingerprint density at radius 1 is 1.03 bits per heavy atom. The van der Waals surface area contributed by atoms with Crippen molar-refractivity contribution in [2.45, 2.75) is 24.2 Å². The van der Waals surface area contributed by atoms with Crippen molar-refractivity contribution in [3.63, 3.8) is 0 Å². The largest absolute Gasteiger partial charge is 0.469 e. The van der Waals surface area contributed by atoms with Gasteiger partial charge in [0.15, 0.2) is 0 Å². The number of rotatable bonds is 9. The van der Waals surface area contributed by atoms with E-state index in [1.54, 1.807) is 24.3 Å². The predicted octanol–water partition coefficient (Wildman–Crippen LogP) is 2.41. The van der Waals surface area contributed by atoms with Gasteiger partial charge < -0.3 is 15.0 Å². The molecular formula is C23H28FN3O5S. The molecule has 1 N–H and O–H groups in total. The number of amides is 1. The monoisotopic (exact) mass is 477 g/mol. The lowest BCUT2D eigenvalue weighted by molar-refractivity contribution is -0.140. The van der Waals surface area contributed by atoms with Gasteiger partial charge in [-0.25, -0.2) is 12.8 Å². The summed E-state index contributed by atoms with van der Waals surface area (Å²) in [5.74, 6) is -0.978. The van der Waals surface area contributed by atoms with Gasteiger partial charge in [0, 0.05) is 50.4 Å². The second-order valence-electron chi connectivity index (χ2n) is 7.68. The maximum absolute atomic E-state index is 13.1. The number of halogens is 1. The van der Waals surface area contributed by atoms with Crippen molar-refractivity contribution in [1.29, 1.82) is 0 Å². The molecule has 1 amide bonds. The number of carbonyl (C=O) groups excluding carboxylic acids is 2. The zero-order valence-corrected chi connectivity index (χ0v) is 19.3. The fraction of sp³-hybridized carbons (Fsp3) is 0.391. The van der Waals surface area contributed by atoms with Crippen LogP contribution in [0, 0.1) is 5.82 Å². The number of anilines is 1. The van der Waals surface area contributed by atoms with Crippen LogP contribution in [0.2, 0.25) is 0 Å². The van der Waals surface area contributed by atoms with E-state index in [-0.39, 0.29) is 47.7 Å². The first kappa shape index (κ1) is 24.7. The van der Waals surface area contributed by atoms with Crippen LogP contribution in [-0.2, 0) is 19.6 Å². The lowest BCUT2D eigenvalue weighted by Crippen LogP contribution is -2.48. The second-order valence-corrected chi connectivity index (χ2v) is 9.62. The number of esters is 1. The van der Waals surface area contributed by atoms with Gasteiger partial charge in [0.25, 0.3) is 5.91 Å². The fourth-order valence-corrected chi connectivity index (χ4v) is 5.05. The number of nitrogens with one attached hydrogen (secondary N) is 1. The Bertz CT molecular complexity index is 1070. The van der Waals surface area contributed by atoms with E-state index in [1.165, 1.54) is 35.7 Å². The van der Waals surface area contributed by atoms with E-state index in [2.05, 4.69) is 10.1 Å². The third-order valence-electron chi connectivity index (χ3n) is 5.49. The number of methoxy groups -OCH3 is 1. The highest BCUT2D eigenvalue weighted by atomic mass is 32.2. The van der Waals surface area contributed by atoms with Gasteiger partial charge in [0.2, 0.25) is 10.0 Å². The van der Waals surface area contributed by atoms with Crippen molar-refractivity contribution in [3.05, 3.63) is 59.9 Å². The van der Waals surface area contributed by atoms with Crippen LogP contribution in [-0.4, -0.2) is 64.4 Å². The number of nitrogens with zero attached hydrogens (tertiary/aromatic N) is 2. The van der Waals surface area contributed by atoms with Gasteiger partial charge in [-0.15, -0.1) is 0 Å². The molecule has 1 heterocycles. The van der Waals surface area contributed by atoms with E-state index in [0.717, 1.165) is 5.69 Å². The van der Waals surface area contributed by atoms with Crippen molar-refractivity contribution in [2.75, 3.05) is 44.7 Å². The highest BCUT2D eigenvalue weighted by Crippen LogP contribution is 2.22. The number of benzene rings is 2. The van der Waals surface area contributed by atoms with E-state index >= 15 is 0 Å². The summed E-state index contributed by atoms with van der Waals surface area (Å²) >= 11 is 0. The number of piperazine rings is 1. The van der Waals surface area contributed by atoms with Gasteiger partial charge in [-0.2, -0.15) is 4.31 Å². The van der Waals surface area contributed by atoms with Gasteiger partial charge in [-0.05, 0) is 55.3 Å². The molecule has 1 fully saturated rings. The highest BCUT2D eigenvalue weighted by molar-refractivity contribution is 7.89. The highest BCUT2D eigenvalue weighted by Gasteiger charge is 2.29. The molecule has 1 aliphatic rings. The molecule has 0 radical (unpaired) electrons. The van der Waals surface area contributed by atoms with Gasteiger partial charge in [-0.1, -0.05) is 6.07 Å². The second kappa shape index (κ2) is 11.2. The maximum atomic E-state index is 13.1. The molecule has 178 valence electrons. The molecule has 0 unspecified atom stereocenters. The van der Waals surface area contributed by atoms with Crippen LogP contribution in [0.3, 0.4) is 0 Å². The van der Waals surface area contributed by atoms with E-state index in [4.69, 9.17) is 0 Å². The van der Waals surface area contributed by atoms with E-state index < -0.39 is 10.0 Å². The summed E-state index contributed by atoms with van der Waals surface area (Å²) in [6.45, 7) is 1.91. The smallest absolute Gasteiger partial charge is 0.305 e. The van der Waals surface area contributed by atoms with Gasteiger partial charge in [0.05, 0.1) is 12.0 Å². The number of hydrogen-bond donors (Lipinski definition) is 1. The predicted molar refractivity (Wildman–Crippen MR) is 122 cm³/mol. The van der Waals surface area contributed by atoms with Gasteiger partial charge >= 0.3 is 5.97 Å². The van der Waals surface area contributed by atoms with Gasteiger partial charge in [0.1, 0.15) is 5.82 Å². The van der Waals surface area contributed by atoms with Crippen LogP contribution in [0.15, 0.2) is 53.4 Å². The topological polar surface area (TPSA) is 96.0 Å². The minimum Gasteiger partial charge on any atom is -0.469 e. The number of sulfonamides is 1. The van der Waals surface area contributed by atoms with Crippen molar-refractivity contribution in [2.24, 2.45) is 0 Å². The Morgan fingerprint density at radius 2 is 1.73 bits per heavy atom.